The molecule has 0 atom stereocenters. The van der Waals surface area contributed by atoms with Gasteiger partial charge in [0.25, 0.3) is 5.91 Å². The first-order valence-corrected chi connectivity index (χ1v) is 10.8. The van der Waals surface area contributed by atoms with Crippen molar-refractivity contribution >= 4 is 62.0 Å². The van der Waals surface area contributed by atoms with Crippen LogP contribution in [0.4, 0.5) is 17.5 Å². The molecule has 2 aromatic carbocycles. The van der Waals surface area contributed by atoms with Crippen molar-refractivity contribution in [2.75, 3.05) is 11.1 Å². The Hall–Kier alpha value is -4.24. The normalized spacial score (nSPS) is 12.5. The van der Waals surface area contributed by atoms with E-state index in [4.69, 9.17) is 11.5 Å². The topological polar surface area (TPSA) is 135 Å². The molecule has 0 radical (unpaired) electrons. The molecule has 9 heteroatoms. The number of carbonyl (C=O) groups is 1. The predicted octanol–water partition coefficient (Wildman–Crippen LogP) is 4.20. The second-order valence-electron chi connectivity index (χ2n) is 7.56. The Morgan fingerprint density at radius 2 is 2.03 bits per heavy atom. The molecule has 0 saturated carbocycles. The third-order valence-corrected chi connectivity index (χ3v) is 6.68. The van der Waals surface area contributed by atoms with Crippen molar-refractivity contribution in [3.05, 3.63) is 65.4 Å². The van der Waals surface area contributed by atoms with Gasteiger partial charge in [-0.05, 0) is 40.8 Å². The fourth-order valence-corrected chi connectivity index (χ4v) is 5.21. The first kappa shape index (κ1) is 18.5. The molecule has 3 aromatic heterocycles. The Morgan fingerprint density at radius 1 is 1.16 bits per heavy atom. The number of primary amides is 1. The van der Waals surface area contributed by atoms with Crippen LogP contribution in [0, 0.1) is 0 Å². The van der Waals surface area contributed by atoms with Crippen molar-refractivity contribution in [1.82, 2.24) is 15.0 Å². The first-order valence-electron chi connectivity index (χ1n) is 9.94. The fourth-order valence-electron chi connectivity index (χ4n) is 4.10. The molecule has 1 aliphatic heterocycles. The molecule has 32 heavy (non-hydrogen) atoms. The zero-order valence-electron chi connectivity index (χ0n) is 16.7. The number of nitrogens with zero attached hydrogens (tertiary/aromatic N) is 3. The number of aliphatic imine (C=N–C) groups is 1. The van der Waals surface area contributed by atoms with Crippen LogP contribution < -0.4 is 16.8 Å². The zero-order valence-corrected chi connectivity index (χ0v) is 17.5. The summed E-state index contributed by atoms with van der Waals surface area (Å²) in [7, 11) is 0. The van der Waals surface area contributed by atoms with E-state index in [-0.39, 0.29) is 5.95 Å². The monoisotopic (exact) mass is 439 g/mol. The number of hydrogen-bond donors (Lipinski definition) is 4. The number of rotatable bonds is 4. The number of H-pyrrole nitrogens is 1. The van der Waals surface area contributed by atoms with E-state index in [9.17, 15) is 4.79 Å². The number of amides is 1. The number of anilines is 3. The maximum atomic E-state index is 11.9. The average Bonchev–Trinajstić information content (AvgIpc) is 3.50. The minimum Gasteiger partial charge on any atom is -0.368 e. The van der Waals surface area contributed by atoms with Crippen molar-refractivity contribution in [1.29, 1.82) is 0 Å². The van der Waals surface area contributed by atoms with Gasteiger partial charge in [-0.3, -0.25) is 9.79 Å². The number of nitrogens with two attached hydrogens (primary N) is 2. The summed E-state index contributed by atoms with van der Waals surface area (Å²) in [5.74, 6) is -0.0650. The summed E-state index contributed by atoms with van der Waals surface area (Å²) < 4.78 is 1.23. The molecule has 1 amide bonds. The van der Waals surface area contributed by atoms with Gasteiger partial charge in [0, 0.05) is 33.2 Å². The van der Waals surface area contributed by atoms with Gasteiger partial charge in [-0.25, -0.2) is 0 Å². The van der Waals surface area contributed by atoms with Crippen LogP contribution in [-0.2, 0) is 6.54 Å². The summed E-state index contributed by atoms with van der Waals surface area (Å²) in [4.78, 5) is 29.0. The largest absolute Gasteiger partial charge is 0.368 e. The van der Waals surface area contributed by atoms with Crippen molar-refractivity contribution in [2.45, 2.75) is 6.54 Å². The molecule has 8 nitrogen and oxygen atoms in total. The quantitative estimate of drug-likeness (QED) is 0.333. The lowest BCUT2D eigenvalue weighted by atomic mass is 10.00. The van der Waals surface area contributed by atoms with Crippen LogP contribution in [0.2, 0.25) is 0 Å². The van der Waals surface area contributed by atoms with E-state index in [0.29, 0.717) is 29.0 Å². The Morgan fingerprint density at radius 3 is 2.88 bits per heavy atom. The van der Waals surface area contributed by atoms with Crippen LogP contribution in [0.3, 0.4) is 0 Å². The Balaban J connectivity index is 1.51. The second-order valence-corrected chi connectivity index (χ2v) is 8.64. The number of thiophene rings is 1. The summed E-state index contributed by atoms with van der Waals surface area (Å²) in [5, 5.41) is 5.04. The van der Waals surface area contributed by atoms with Crippen LogP contribution in [0.1, 0.15) is 21.5 Å². The average molecular weight is 440 g/mol. The number of carbonyl (C=O) groups excluding carboxylic acids is 1. The maximum Gasteiger partial charge on any atom is 0.251 e. The van der Waals surface area contributed by atoms with Crippen molar-refractivity contribution in [3.8, 4) is 10.4 Å². The molecule has 5 aromatic rings. The molecule has 0 bridgehead atoms. The van der Waals surface area contributed by atoms with E-state index in [1.165, 1.54) is 26.7 Å². The predicted molar refractivity (Wildman–Crippen MR) is 129 cm³/mol. The highest BCUT2D eigenvalue weighted by Crippen LogP contribution is 2.40. The number of aromatic amines is 1. The van der Waals surface area contributed by atoms with Crippen LogP contribution in [0.5, 0.6) is 0 Å². The molecule has 0 spiro atoms. The third kappa shape index (κ3) is 2.90. The highest BCUT2D eigenvalue weighted by Gasteiger charge is 2.20. The van der Waals surface area contributed by atoms with Gasteiger partial charge in [0.15, 0.2) is 0 Å². The molecule has 1 aliphatic rings. The van der Waals surface area contributed by atoms with Crippen molar-refractivity contribution in [2.24, 2.45) is 10.7 Å². The van der Waals surface area contributed by atoms with E-state index >= 15 is 0 Å². The fraction of sp³-hybridized carbons (Fsp3) is 0.0435. The smallest absolute Gasteiger partial charge is 0.251 e. The molecular weight excluding hydrogens is 422 g/mol. The molecule has 0 saturated heterocycles. The lowest BCUT2D eigenvalue weighted by Gasteiger charge is -2.13. The molecular formula is C23H17N7OS. The summed E-state index contributed by atoms with van der Waals surface area (Å²) in [6.07, 6.45) is 3.40. The van der Waals surface area contributed by atoms with Crippen LogP contribution >= 0.6 is 11.3 Å². The summed E-state index contributed by atoms with van der Waals surface area (Å²) in [6.45, 7) is 0.646. The van der Waals surface area contributed by atoms with E-state index < -0.39 is 5.91 Å². The Bertz CT molecular complexity index is 1550. The number of fused-ring (bicyclic) bond motifs is 3. The molecule has 0 unspecified atom stereocenters. The Labute approximate surface area is 186 Å². The van der Waals surface area contributed by atoms with E-state index in [1.807, 2.05) is 24.4 Å². The lowest BCUT2D eigenvalue weighted by Crippen LogP contribution is -2.11. The van der Waals surface area contributed by atoms with Crippen LogP contribution in [-0.4, -0.2) is 27.1 Å². The molecule has 4 heterocycles. The summed E-state index contributed by atoms with van der Waals surface area (Å²) in [6, 6.07) is 14.6. The first-order chi connectivity index (χ1) is 15.6. The number of nitrogens with one attached hydrogen (secondary N) is 2. The summed E-state index contributed by atoms with van der Waals surface area (Å²) >= 11 is 1.75. The number of aromatic nitrogens is 3. The van der Waals surface area contributed by atoms with E-state index in [2.05, 4.69) is 49.5 Å². The van der Waals surface area contributed by atoms with Crippen molar-refractivity contribution < 1.29 is 4.79 Å². The van der Waals surface area contributed by atoms with Gasteiger partial charge >= 0.3 is 0 Å². The van der Waals surface area contributed by atoms with Gasteiger partial charge in [-0.15, -0.1) is 11.3 Å². The SMILES string of the molecule is NC(=O)c1c[nH]c2nc(N)nc(Nc3cc4c(c(-c5cc6ccccc6s5)c3)CN=C4)c12. The molecule has 6 N–H and O–H groups in total. The number of nitrogen functional groups attached to an aromatic ring is 1. The molecule has 6 rings (SSSR count). The molecule has 156 valence electrons. The van der Waals surface area contributed by atoms with Crippen LogP contribution in [0.25, 0.3) is 31.6 Å². The van der Waals surface area contributed by atoms with Crippen LogP contribution in [0.15, 0.2) is 53.7 Å². The minimum atomic E-state index is -0.570. The Kier molecular flexibility index (Phi) is 3.99. The highest BCUT2D eigenvalue weighted by atomic mass is 32.1. The van der Waals surface area contributed by atoms with Gasteiger partial charge in [-0.1, -0.05) is 18.2 Å². The van der Waals surface area contributed by atoms with Crippen molar-refractivity contribution in [3.63, 3.8) is 0 Å². The lowest BCUT2D eigenvalue weighted by molar-refractivity contribution is 0.100. The molecule has 0 fully saturated rings. The third-order valence-electron chi connectivity index (χ3n) is 5.53. The zero-order chi connectivity index (χ0) is 21.8. The van der Waals surface area contributed by atoms with Gasteiger partial charge in [-0.2, -0.15) is 9.97 Å². The second kappa shape index (κ2) is 6.89. The molecule has 0 aliphatic carbocycles. The van der Waals surface area contributed by atoms with Gasteiger partial charge in [0.05, 0.1) is 17.5 Å². The van der Waals surface area contributed by atoms with E-state index in [0.717, 1.165) is 16.8 Å². The van der Waals surface area contributed by atoms with Gasteiger partial charge < -0.3 is 21.8 Å². The van der Waals surface area contributed by atoms with Gasteiger partial charge in [0.2, 0.25) is 5.95 Å². The summed E-state index contributed by atoms with van der Waals surface area (Å²) in [5.41, 5.74) is 16.4. The standard InChI is InChI=1S/C23H17N7OS/c24-20(31)16-10-27-21-19(16)22(30-23(25)29-21)28-13-5-12-8-26-9-15(12)14(7-13)18-6-11-3-1-2-4-17(11)32-18/h1-8,10H,9H2,(H2,24,31)(H4,25,27,28,29,30). The van der Waals surface area contributed by atoms with Gasteiger partial charge in [0.1, 0.15) is 11.5 Å². The van der Waals surface area contributed by atoms with E-state index in [1.54, 1.807) is 11.3 Å². The number of benzene rings is 2. The highest BCUT2D eigenvalue weighted by molar-refractivity contribution is 7.22. The number of hydrogen-bond acceptors (Lipinski definition) is 7. The minimum absolute atomic E-state index is 0.0883. The maximum absolute atomic E-state index is 11.9.